The molecule has 4 heteroatoms. The van der Waals surface area contributed by atoms with Gasteiger partial charge in [0.15, 0.2) is 0 Å². The predicted octanol–water partition coefficient (Wildman–Crippen LogP) is 1.98. The van der Waals surface area contributed by atoms with Crippen LogP contribution in [0.4, 0.5) is 0 Å². The fourth-order valence-electron chi connectivity index (χ4n) is 2.40. The monoisotopic (exact) mass is 243 g/mol. The molecule has 18 heavy (non-hydrogen) atoms. The Hall–Kier alpha value is -2.10. The summed E-state index contributed by atoms with van der Waals surface area (Å²) in [6.45, 7) is 4.14. The van der Waals surface area contributed by atoms with Crippen molar-refractivity contribution in [2.45, 2.75) is 12.8 Å². The van der Waals surface area contributed by atoms with E-state index in [0.29, 0.717) is 24.1 Å². The molecule has 4 nitrogen and oxygen atoms in total. The Morgan fingerprint density at radius 3 is 2.44 bits per heavy atom. The third-order valence-electron chi connectivity index (χ3n) is 3.81. The molecule has 1 heterocycles. The minimum Gasteiger partial charge on any atom is -0.481 e. The molecule has 1 fully saturated rings. The second-order valence-corrected chi connectivity index (χ2v) is 4.97. The van der Waals surface area contributed by atoms with Gasteiger partial charge in [0.1, 0.15) is 0 Å². The van der Waals surface area contributed by atoms with Gasteiger partial charge >= 0.3 is 5.97 Å². The SMILES string of the molecule is C=C1c2ccccc2C(=O)N1CC1(C(=O)O)CC1. The molecule has 3 rings (SSSR count). The molecule has 0 spiro atoms. The van der Waals surface area contributed by atoms with Crippen LogP contribution in [0.1, 0.15) is 28.8 Å². The fourth-order valence-corrected chi connectivity index (χ4v) is 2.40. The predicted molar refractivity (Wildman–Crippen MR) is 65.8 cm³/mol. The second-order valence-electron chi connectivity index (χ2n) is 4.97. The van der Waals surface area contributed by atoms with Crippen molar-refractivity contribution < 1.29 is 14.7 Å². The van der Waals surface area contributed by atoms with Gasteiger partial charge in [-0.25, -0.2) is 0 Å². The number of fused-ring (bicyclic) bond motifs is 1. The van der Waals surface area contributed by atoms with Crippen LogP contribution in [0.5, 0.6) is 0 Å². The van der Waals surface area contributed by atoms with Gasteiger partial charge in [0.05, 0.1) is 5.41 Å². The minimum atomic E-state index is -0.820. The Morgan fingerprint density at radius 1 is 1.33 bits per heavy atom. The van der Waals surface area contributed by atoms with Gasteiger partial charge < -0.3 is 10.0 Å². The van der Waals surface area contributed by atoms with E-state index in [9.17, 15) is 14.7 Å². The van der Waals surface area contributed by atoms with Crippen LogP contribution in [0.3, 0.4) is 0 Å². The molecule has 0 saturated heterocycles. The van der Waals surface area contributed by atoms with Crippen LogP contribution >= 0.6 is 0 Å². The van der Waals surface area contributed by atoms with E-state index in [1.165, 1.54) is 4.90 Å². The van der Waals surface area contributed by atoms with E-state index in [-0.39, 0.29) is 12.5 Å². The highest BCUT2D eigenvalue weighted by Gasteiger charge is 2.53. The van der Waals surface area contributed by atoms with Gasteiger partial charge in [-0.2, -0.15) is 0 Å². The van der Waals surface area contributed by atoms with Gasteiger partial charge in [-0.1, -0.05) is 24.8 Å². The first-order valence-corrected chi connectivity index (χ1v) is 5.89. The molecule has 2 aliphatic rings. The zero-order valence-corrected chi connectivity index (χ0v) is 9.85. The first-order valence-electron chi connectivity index (χ1n) is 5.89. The van der Waals surface area contributed by atoms with Gasteiger partial charge in [-0.05, 0) is 18.9 Å². The zero-order chi connectivity index (χ0) is 12.9. The molecule has 1 N–H and O–H groups in total. The van der Waals surface area contributed by atoms with Crippen LogP contribution in [-0.4, -0.2) is 28.4 Å². The number of carboxylic acid groups (broad SMARTS) is 1. The average molecular weight is 243 g/mol. The highest BCUT2D eigenvalue weighted by molar-refractivity contribution is 6.09. The number of carbonyl (C=O) groups excluding carboxylic acids is 1. The molecule has 1 aromatic carbocycles. The number of carbonyl (C=O) groups is 2. The number of benzene rings is 1. The molecular formula is C14H13NO3. The smallest absolute Gasteiger partial charge is 0.311 e. The first-order chi connectivity index (χ1) is 8.55. The summed E-state index contributed by atoms with van der Waals surface area (Å²) in [5.41, 5.74) is 1.29. The maximum absolute atomic E-state index is 12.2. The normalized spacial score (nSPS) is 19.9. The summed E-state index contributed by atoms with van der Waals surface area (Å²) in [4.78, 5) is 24.9. The largest absolute Gasteiger partial charge is 0.481 e. The van der Waals surface area contributed by atoms with Gasteiger partial charge in [-0.3, -0.25) is 9.59 Å². The molecule has 0 atom stereocenters. The Morgan fingerprint density at radius 2 is 1.94 bits per heavy atom. The fraction of sp³-hybridized carbons (Fsp3) is 0.286. The van der Waals surface area contributed by atoms with Crippen molar-refractivity contribution in [2.75, 3.05) is 6.54 Å². The molecule has 92 valence electrons. The number of amides is 1. The van der Waals surface area contributed by atoms with Crippen molar-refractivity contribution in [3.05, 3.63) is 42.0 Å². The topological polar surface area (TPSA) is 57.6 Å². The van der Waals surface area contributed by atoms with E-state index < -0.39 is 11.4 Å². The summed E-state index contributed by atoms with van der Waals surface area (Å²) in [5, 5.41) is 9.19. The Kier molecular flexibility index (Phi) is 2.11. The summed E-state index contributed by atoms with van der Waals surface area (Å²) >= 11 is 0. The van der Waals surface area contributed by atoms with Crippen molar-refractivity contribution in [2.24, 2.45) is 5.41 Å². The van der Waals surface area contributed by atoms with Crippen molar-refractivity contribution in [1.82, 2.24) is 4.90 Å². The molecule has 0 bridgehead atoms. The quantitative estimate of drug-likeness (QED) is 0.883. The summed E-state index contributed by atoms with van der Waals surface area (Å²) < 4.78 is 0. The third-order valence-corrected chi connectivity index (χ3v) is 3.81. The Balaban J connectivity index is 1.91. The molecular weight excluding hydrogens is 230 g/mol. The number of rotatable bonds is 3. The van der Waals surface area contributed by atoms with Crippen LogP contribution in [0.2, 0.25) is 0 Å². The van der Waals surface area contributed by atoms with E-state index in [2.05, 4.69) is 6.58 Å². The number of nitrogens with zero attached hydrogens (tertiary/aromatic N) is 1. The van der Waals surface area contributed by atoms with E-state index in [4.69, 9.17) is 0 Å². The van der Waals surface area contributed by atoms with Crippen LogP contribution in [0, 0.1) is 5.41 Å². The number of hydrogen-bond donors (Lipinski definition) is 1. The highest BCUT2D eigenvalue weighted by atomic mass is 16.4. The van der Waals surface area contributed by atoms with Gasteiger partial charge in [-0.15, -0.1) is 0 Å². The lowest BCUT2D eigenvalue weighted by molar-refractivity contribution is -0.143. The Labute approximate surface area is 105 Å². The van der Waals surface area contributed by atoms with E-state index in [1.54, 1.807) is 12.1 Å². The summed E-state index contributed by atoms with van der Waals surface area (Å²) in [6.07, 6.45) is 1.27. The summed E-state index contributed by atoms with van der Waals surface area (Å²) in [7, 11) is 0. The molecule has 0 radical (unpaired) electrons. The molecule has 1 aliphatic carbocycles. The van der Waals surface area contributed by atoms with Crippen LogP contribution in [-0.2, 0) is 4.79 Å². The van der Waals surface area contributed by atoms with Crippen molar-refractivity contribution in [3.63, 3.8) is 0 Å². The van der Waals surface area contributed by atoms with E-state index in [1.807, 2.05) is 12.1 Å². The van der Waals surface area contributed by atoms with Crippen LogP contribution in [0.25, 0.3) is 5.70 Å². The maximum atomic E-state index is 12.2. The van der Waals surface area contributed by atoms with Crippen molar-refractivity contribution in [1.29, 1.82) is 0 Å². The highest BCUT2D eigenvalue weighted by Crippen LogP contribution is 2.48. The number of carboxylic acids is 1. The lowest BCUT2D eigenvalue weighted by Gasteiger charge is -2.21. The molecule has 0 aromatic heterocycles. The molecule has 1 amide bonds. The van der Waals surface area contributed by atoms with Crippen LogP contribution < -0.4 is 0 Å². The van der Waals surface area contributed by atoms with Gasteiger partial charge in [0.25, 0.3) is 5.91 Å². The summed E-state index contributed by atoms with van der Waals surface area (Å²) in [6, 6.07) is 7.25. The third kappa shape index (κ3) is 1.38. The minimum absolute atomic E-state index is 0.136. The molecule has 1 aromatic rings. The summed E-state index contributed by atoms with van der Waals surface area (Å²) in [5.74, 6) is -0.956. The lowest BCUT2D eigenvalue weighted by Crippen LogP contribution is -2.34. The zero-order valence-electron chi connectivity index (χ0n) is 9.85. The van der Waals surface area contributed by atoms with E-state index >= 15 is 0 Å². The molecule has 1 saturated carbocycles. The maximum Gasteiger partial charge on any atom is 0.311 e. The second kappa shape index (κ2) is 3.45. The van der Waals surface area contributed by atoms with Crippen molar-refractivity contribution >= 4 is 17.6 Å². The lowest BCUT2D eigenvalue weighted by atomic mass is 10.1. The number of hydrogen-bond acceptors (Lipinski definition) is 2. The molecule has 0 unspecified atom stereocenters. The van der Waals surface area contributed by atoms with E-state index in [0.717, 1.165) is 5.56 Å². The van der Waals surface area contributed by atoms with Gasteiger partial charge in [0.2, 0.25) is 0 Å². The van der Waals surface area contributed by atoms with Crippen LogP contribution in [0.15, 0.2) is 30.8 Å². The number of aliphatic carboxylic acids is 1. The van der Waals surface area contributed by atoms with Gasteiger partial charge in [0, 0.05) is 23.4 Å². The van der Waals surface area contributed by atoms with Crippen molar-refractivity contribution in [3.8, 4) is 0 Å². The standard InChI is InChI=1S/C14H13NO3/c1-9-10-4-2-3-5-11(10)12(16)15(9)8-14(6-7-14)13(17)18/h2-5H,1,6-8H2,(H,17,18). The average Bonchev–Trinajstić information content (AvgIpc) is 3.11. The first kappa shape index (κ1) is 11.0. The Bertz CT molecular complexity index is 537. The molecule has 1 aliphatic heterocycles.